The molecule has 3 aliphatic rings. The van der Waals surface area contributed by atoms with Crippen LogP contribution >= 0.6 is 0 Å². The molecule has 1 aromatic heterocycles. The van der Waals surface area contributed by atoms with E-state index in [1.807, 2.05) is 39.8 Å². The molecule has 1 saturated heterocycles. The number of hydrogen-bond acceptors (Lipinski definition) is 6. The van der Waals surface area contributed by atoms with E-state index in [-0.39, 0.29) is 30.4 Å². The summed E-state index contributed by atoms with van der Waals surface area (Å²) >= 11 is 0. The van der Waals surface area contributed by atoms with E-state index >= 15 is 4.39 Å². The highest BCUT2D eigenvalue weighted by molar-refractivity contribution is 6.74. The van der Waals surface area contributed by atoms with Crippen molar-refractivity contribution in [3.63, 3.8) is 0 Å². The van der Waals surface area contributed by atoms with Gasteiger partial charge in [0, 0.05) is 11.8 Å². The lowest BCUT2D eigenvalue weighted by atomic mass is 9.76. The second kappa shape index (κ2) is 9.93. The summed E-state index contributed by atoms with van der Waals surface area (Å²) in [5, 5.41) is -0.0204. The third-order valence-electron chi connectivity index (χ3n) is 9.37. The van der Waals surface area contributed by atoms with E-state index < -0.39 is 38.4 Å². The quantitative estimate of drug-likeness (QED) is 0.401. The Morgan fingerprint density at radius 3 is 2.40 bits per heavy atom. The maximum absolute atomic E-state index is 15.5. The predicted octanol–water partition coefficient (Wildman–Crippen LogP) is 5.96. The normalized spacial score (nSPS) is 20.8. The molecule has 10 heteroatoms. The fourth-order valence-corrected chi connectivity index (χ4v) is 5.74. The van der Waals surface area contributed by atoms with Crippen LogP contribution < -0.4 is 15.1 Å². The zero-order chi connectivity index (χ0) is 29.3. The zero-order valence-electron chi connectivity index (χ0n) is 25.3. The fraction of sp³-hybridized carbons (Fsp3) is 0.600. The number of halogens is 1. The van der Waals surface area contributed by atoms with E-state index in [2.05, 4.69) is 38.8 Å². The Morgan fingerprint density at radius 1 is 1.15 bits per heavy atom. The lowest BCUT2D eigenvalue weighted by Gasteiger charge is -2.36. The molecule has 1 saturated carbocycles. The molecule has 1 aliphatic carbocycles. The molecule has 40 heavy (non-hydrogen) atoms. The van der Waals surface area contributed by atoms with Gasteiger partial charge in [0.05, 0.1) is 24.4 Å². The number of fused-ring (bicyclic) bond motifs is 1. The Hall–Kier alpha value is -2.27. The molecular formula is C30H42BFN2O5Si. The highest BCUT2D eigenvalue weighted by Gasteiger charge is 2.53. The number of ether oxygens (including phenoxy) is 1. The molecule has 0 spiro atoms. The van der Waals surface area contributed by atoms with Gasteiger partial charge in [-0.25, -0.2) is 9.37 Å². The van der Waals surface area contributed by atoms with Crippen LogP contribution in [0.1, 0.15) is 88.7 Å². The Morgan fingerprint density at radius 2 is 1.80 bits per heavy atom. The van der Waals surface area contributed by atoms with Crippen LogP contribution in [0.2, 0.25) is 18.1 Å². The van der Waals surface area contributed by atoms with Gasteiger partial charge in [-0.15, -0.1) is 0 Å². The lowest BCUT2D eigenvalue weighted by Crippen LogP contribution is -2.44. The number of rotatable bonds is 6. The van der Waals surface area contributed by atoms with Crippen LogP contribution in [0.15, 0.2) is 24.4 Å². The van der Waals surface area contributed by atoms with Crippen LogP contribution in [0.5, 0.6) is 5.75 Å². The minimum absolute atomic E-state index is 0.0204. The number of carbonyl (C=O) groups excluding carboxylic acids is 1. The van der Waals surface area contributed by atoms with E-state index in [0.717, 1.165) is 23.9 Å². The highest BCUT2D eigenvalue weighted by atomic mass is 28.4. The van der Waals surface area contributed by atoms with Gasteiger partial charge >= 0.3 is 7.12 Å². The van der Waals surface area contributed by atoms with Crippen LogP contribution in [-0.4, -0.2) is 50.7 Å². The molecule has 3 heterocycles. The van der Waals surface area contributed by atoms with Crippen molar-refractivity contribution in [1.29, 1.82) is 0 Å². The fourth-order valence-electron chi connectivity index (χ4n) is 4.80. The van der Waals surface area contributed by atoms with Gasteiger partial charge in [-0.05, 0) is 93.8 Å². The third kappa shape index (κ3) is 5.24. The minimum Gasteiger partial charge on any atom is -0.491 e. The molecule has 0 unspecified atom stereocenters. The van der Waals surface area contributed by atoms with Gasteiger partial charge in [0.15, 0.2) is 8.32 Å². The van der Waals surface area contributed by atoms with Crippen LogP contribution in [0.3, 0.4) is 0 Å². The van der Waals surface area contributed by atoms with Crippen molar-refractivity contribution in [2.45, 2.75) is 103 Å². The zero-order valence-corrected chi connectivity index (χ0v) is 26.3. The van der Waals surface area contributed by atoms with Crippen LogP contribution in [-0.2, 0) is 20.3 Å². The van der Waals surface area contributed by atoms with E-state index in [9.17, 15) is 4.79 Å². The number of amides is 1. The Labute approximate surface area is 239 Å². The Bertz CT molecular complexity index is 1310. The molecule has 1 amide bonds. The van der Waals surface area contributed by atoms with Crippen molar-refractivity contribution in [3.8, 4) is 5.75 Å². The molecule has 5 rings (SSSR count). The maximum atomic E-state index is 15.5. The van der Waals surface area contributed by atoms with Gasteiger partial charge in [0.25, 0.3) is 5.91 Å². The number of hydrogen-bond donors (Lipinski definition) is 0. The van der Waals surface area contributed by atoms with E-state index in [1.165, 1.54) is 11.0 Å². The predicted molar refractivity (Wildman–Crippen MR) is 157 cm³/mol. The number of nitrogens with zero attached hydrogens (tertiary/aromatic N) is 2. The van der Waals surface area contributed by atoms with Crippen LogP contribution in [0.25, 0.3) is 0 Å². The molecule has 2 fully saturated rings. The largest absolute Gasteiger partial charge is 0.495 e. The summed E-state index contributed by atoms with van der Waals surface area (Å²) in [5.41, 5.74) is 1.20. The van der Waals surface area contributed by atoms with Crippen molar-refractivity contribution in [2.24, 2.45) is 0 Å². The molecule has 0 atom stereocenters. The molecule has 2 aromatic rings. The van der Waals surface area contributed by atoms with Gasteiger partial charge in [-0.2, -0.15) is 0 Å². The van der Waals surface area contributed by atoms with Crippen molar-refractivity contribution in [1.82, 2.24) is 4.98 Å². The first-order valence-electron chi connectivity index (χ1n) is 14.3. The summed E-state index contributed by atoms with van der Waals surface area (Å²) in [5.74, 6) is 0.0285. The third-order valence-corrected chi connectivity index (χ3v) is 13.9. The van der Waals surface area contributed by atoms with Crippen molar-refractivity contribution >= 4 is 32.6 Å². The van der Waals surface area contributed by atoms with Crippen molar-refractivity contribution < 1.29 is 27.7 Å². The number of pyridine rings is 1. The van der Waals surface area contributed by atoms with E-state index in [1.54, 1.807) is 6.20 Å². The summed E-state index contributed by atoms with van der Waals surface area (Å²) in [7, 11) is -2.85. The maximum Gasteiger partial charge on any atom is 0.495 e. The van der Waals surface area contributed by atoms with Gasteiger partial charge < -0.3 is 18.5 Å². The first-order chi connectivity index (χ1) is 18.5. The molecule has 7 nitrogen and oxygen atoms in total. The summed E-state index contributed by atoms with van der Waals surface area (Å²) in [4.78, 5) is 20.2. The van der Waals surface area contributed by atoms with E-state index in [0.29, 0.717) is 23.0 Å². The van der Waals surface area contributed by atoms with Crippen LogP contribution in [0.4, 0.5) is 10.2 Å². The SMILES string of the molecule is CC1(C)OB(c2ccnc(N3CCOc4cc(C5CC5)cc(F)c4C3=O)c2CO[Si](C)(C)C(C)(C)C)OC1(C)C. The minimum atomic E-state index is -2.18. The summed E-state index contributed by atoms with van der Waals surface area (Å²) < 4.78 is 40.9. The Kier molecular flexibility index (Phi) is 7.25. The molecule has 216 valence electrons. The topological polar surface area (TPSA) is 70.1 Å². The molecule has 0 N–H and O–H groups in total. The number of benzene rings is 1. The number of anilines is 1. The summed E-state index contributed by atoms with van der Waals surface area (Å²) in [6, 6.07) is 5.18. The highest BCUT2D eigenvalue weighted by Crippen LogP contribution is 2.43. The second-order valence-electron chi connectivity index (χ2n) is 13.8. The van der Waals surface area contributed by atoms with Crippen molar-refractivity contribution in [2.75, 3.05) is 18.1 Å². The number of aromatic nitrogens is 1. The second-order valence-corrected chi connectivity index (χ2v) is 18.6. The van der Waals surface area contributed by atoms with Gasteiger partial charge in [0.2, 0.25) is 0 Å². The molecule has 1 aromatic carbocycles. The molecule has 2 aliphatic heterocycles. The first-order valence-corrected chi connectivity index (χ1v) is 17.2. The average Bonchev–Trinajstić information content (AvgIpc) is 3.66. The van der Waals surface area contributed by atoms with Gasteiger partial charge in [0.1, 0.15) is 29.6 Å². The standard InChI is InChI=1S/C30H42BFN2O5Si/c1-28(2,3)40(8,9)37-18-21-22(31-38-29(4,5)30(6,7)39-31)12-13-33-26(21)34-14-15-36-24-17-20(19-10-11-19)16-23(32)25(24)27(34)35/h12-13,16-17,19H,10-11,14-15,18H2,1-9H3. The monoisotopic (exact) mass is 568 g/mol. The summed E-state index contributed by atoms with van der Waals surface area (Å²) in [6.07, 6.45) is 3.72. The number of carbonyl (C=O) groups is 1. The molecular weight excluding hydrogens is 526 g/mol. The van der Waals surface area contributed by atoms with Gasteiger partial charge in [-0.1, -0.05) is 20.8 Å². The van der Waals surface area contributed by atoms with E-state index in [4.69, 9.17) is 18.5 Å². The summed E-state index contributed by atoms with van der Waals surface area (Å²) in [6.45, 7) is 19.6. The molecule has 0 bridgehead atoms. The smallest absolute Gasteiger partial charge is 0.491 e. The van der Waals surface area contributed by atoms with Gasteiger partial charge in [-0.3, -0.25) is 9.69 Å². The van der Waals surface area contributed by atoms with Crippen LogP contribution in [0, 0.1) is 5.82 Å². The Balaban J connectivity index is 1.58. The molecule has 0 radical (unpaired) electrons. The average molecular weight is 569 g/mol. The van der Waals surface area contributed by atoms with Crippen molar-refractivity contribution in [3.05, 3.63) is 46.9 Å². The first kappa shape index (κ1) is 29.2. The lowest BCUT2D eigenvalue weighted by molar-refractivity contribution is 0.00578.